The highest BCUT2D eigenvalue weighted by Gasteiger charge is 2.19. The molecule has 1 aromatic heterocycles. The largest absolute Gasteiger partial charge is 0.282 e. The maximum atomic E-state index is 9.08. The summed E-state index contributed by atoms with van der Waals surface area (Å²) in [5.74, 6) is 0.222. The molecule has 0 spiro atoms. The van der Waals surface area contributed by atoms with Crippen LogP contribution in [-0.2, 0) is 0 Å². The molecule has 0 aliphatic carbocycles. The fourth-order valence-corrected chi connectivity index (χ4v) is 9.84. The lowest BCUT2D eigenvalue weighted by molar-refractivity contribution is 1.41. The van der Waals surface area contributed by atoms with E-state index in [-0.39, 0.29) is 5.84 Å². The average molecular weight is 769 g/mol. The van der Waals surface area contributed by atoms with Crippen LogP contribution in [0.15, 0.2) is 211 Å². The first kappa shape index (κ1) is 34.8. The molecule has 276 valence electrons. The smallest absolute Gasteiger partial charge is 0.152 e. The van der Waals surface area contributed by atoms with Gasteiger partial charge in [0.05, 0.1) is 5.71 Å². The number of amidine groups is 1. The summed E-state index contributed by atoms with van der Waals surface area (Å²) in [5, 5.41) is 22.5. The van der Waals surface area contributed by atoms with Crippen LogP contribution in [0.2, 0.25) is 0 Å². The van der Waals surface area contributed by atoms with Gasteiger partial charge in [-0.25, -0.2) is 4.99 Å². The van der Waals surface area contributed by atoms with E-state index in [1.54, 1.807) is 11.3 Å². The Balaban J connectivity index is 1.11. The summed E-state index contributed by atoms with van der Waals surface area (Å²) in [5.41, 5.74) is 7.23. The minimum Gasteiger partial charge on any atom is -0.282 e. The number of allylic oxidation sites excluding steroid dienone is 1. The van der Waals surface area contributed by atoms with Gasteiger partial charge in [0.15, 0.2) is 5.84 Å². The van der Waals surface area contributed by atoms with E-state index in [0.717, 1.165) is 38.7 Å². The average Bonchev–Trinajstić information content (AvgIpc) is 3.74. The third kappa shape index (κ3) is 6.12. The fraction of sp³-hybridized carbons (Fsp3) is 0. The number of thiophene rings is 1. The number of rotatable bonds is 6. The second kappa shape index (κ2) is 14.5. The molecule has 11 aromatic rings. The van der Waals surface area contributed by atoms with Gasteiger partial charge in [-0.2, -0.15) is 0 Å². The zero-order chi connectivity index (χ0) is 39.3. The van der Waals surface area contributed by atoms with Crippen LogP contribution in [0.4, 0.5) is 0 Å². The molecule has 59 heavy (non-hydrogen) atoms. The van der Waals surface area contributed by atoms with Crippen molar-refractivity contribution < 1.29 is 0 Å². The minimum atomic E-state index is 0.222. The molecule has 0 fully saturated rings. The first-order valence-electron chi connectivity index (χ1n) is 20.0. The first-order valence-corrected chi connectivity index (χ1v) is 20.8. The number of hydrogen-bond acceptors (Lipinski definition) is 2. The Hall–Kier alpha value is -7.46. The van der Waals surface area contributed by atoms with Crippen LogP contribution >= 0.6 is 11.3 Å². The molecular weight excluding hydrogens is 733 g/mol. The zero-order valence-corrected chi connectivity index (χ0v) is 32.9. The third-order valence-electron chi connectivity index (χ3n) is 11.6. The van der Waals surface area contributed by atoms with Crippen molar-refractivity contribution in [2.24, 2.45) is 4.99 Å². The lowest BCUT2D eigenvalue weighted by Crippen LogP contribution is -2.03. The Morgan fingerprint density at radius 2 is 0.983 bits per heavy atom. The van der Waals surface area contributed by atoms with Gasteiger partial charge in [0.25, 0.3) is 0 Å². The molecule has 0 bridgehead atoms. The third-order valence-corrected chi connectivity index (χ3v) is 12.7. The van der Waals surface area contributed by atoms with Crippen molar-refractivity contribution in [2.75, 3.05) is 0 Å². The molecule has 3 heteroatoms. The number of nitrogens with one attached hydrogen (secondary N) is 1. The normalized spacial score (nSPS) is 12.2. The molecule has 0 aliphatic rings. The maximum Gasteiger partial charge on any atom is 0.152 e. The summed E-state index contributed by atoms with van der Waals surface area (Å²) in [6.45, 7) is 0. The van der Waals surface area contributed by atoms with Crippen molar-refractivity contribution in [3.8, 4) is 21.6 Å². The topological polar surface area (TPSA) is 36.2 Å². The molecule has 11 rings (SSSR count). The first-order chi connectivity index (χ1) is 29.2. The van der Waals surface area contributed by atoms with Crippen LogP contribution in [0.5, 0.6) is 0 Å². The number of fused-ring (bicyclic) bond motifs is 7. The molecular formula is C56H36N2S. The Kier molecular flexibility index (Phi) is 8.53. The van der Waals surface area contributed by atoms with Gasteiger partial charge in [-0.3, -0.25) is 5.41 Å². The van der Waals surface area contributed by atoms with Gasteiger partial charge in [0, 0.05) is 20.7 Å². The van der Waals surface area contributed by atoms with Crippen molar-refractivity contribution in [2.45, 2.75) is 0 Å². The predicted molar refractivity (Wildman–Crippen MR) is 256 cm³/mol. The second-order valence-corrected chi connectivity index (χ2v) is 16.1. The van der Waals surface area contributed by atoms with E-state index in [2.05, 4.69) is 182 Å². The van der Waals surface area contributed by atoms with Crippen molar-refractivity contribution in [1.82, 2.24) is 0 Å². The van der Waals surface area contributed by atoms with E-state index in [1.807, 2.05) is 30.3 Å². The number of nitrogens with zero attached hydrogens (tertiary/aromatic N) is 1. The molecule has 0 saturated heterocycles. The van der Waals surface area contributed by atoms with E-state index in [1.165, 1.54) is 69.2 Å². The van der Waals surface area contributed by atoms with Crippen LogP contribution < -0.4 is 0 Å². The van der Waals surface area contributed by atoms with Crippen LogP contribution in [0.25, 0.3) is 91.6 Å². The highest BCUT2D eigenvalue weighted by atomic mass is 32.1. The molecule has 0 unspecified atom stereocenters. The molecule has 2 nitrogen and oxygen atoms in total. The van der Waals surface area contributed by atoms with Gasteiger partial charge in [0.2, 0.25) is 0 Å². The van der Waals surface area contributed by atoms with Crippen LogP contribution in [0.1, 0.15) is 16.7 Å². The van der Waals surface area contributed by atoms with Crippen molar-refractivity contribution in [1.29, 1.82) is 5.41 Å². The van der Waals surface area contributed by atoms with Gasteiger partial charge < -0.3 is 0 Å². The van der Waals surface area contributed by atoms with Crippen LogP contribution in [-0.4, -0.2) is 11.5 Å². The van der Waals surface area contributed by atoms with Crippen molar-refractivity contribution in [3.05, 3.63) is 223 Å². The molecule has 0 amide bonds. The summed E-state index contributed by atoms with van der Waals surface area (Å²) in [4.78, 5) is 6.23. The molecule has 1 heterocycles. The fourth-order valence-electron chi connectivity index (χ4n) is 8.77. The lowest BCUT2D eigenvalue weighted by Gasteiger charge is -2.20. The predicted octanol–water partition coefficient (Wildman–Crippen LogP) is 15.5. The number of aliphatic imine (C=N–C) groups is 1. The van der Waals surface area contributed by atoms with Crippen molar-refractivity contribution in [3.63, 3.8) is 0 Å². The van der Waals surface area contributed by atoms with Gasteiger partial charge in [0.1, 0.15) is 0 Å². The Morgan fingerprint density at radius 1 is 0.424 bits per heavy atom. The standard InChI is InChI=1S/C56H36N2S/c57-56(39-15-2-1-3-16-39)58-51(37-26-28-38(29-27-37)53-35-41-18-6-13-25-52(41)59-53)33-32-46-44-21-9-11-23-47(44)55(48-24-12-10-22-45(46)48)54-43-20-8-5-17-40(43)34-50-42-19-7-4-14-36(42)30-31-49(50)54/h1-35,57H/b33-32+,57-56?,58-51?. The maximum absolute atomic E-state index is 9.08. The van der Waals surface area contributed by atoms with Gasteiger partial charge in [-0.15, -0.1) is 11.3 Å². The molecule has 0 aliphatic heterocycles. The van der Waals surface area contributed by atoms with E-state index < -0.39 is 0 Å². The highest BCUT2D eigenvalue weighted by molar-refractivity contribution is 7.22. The Bertz CT molecular complexity index is 3410. The Morgan fingerprint density at radius 3 is 1.69 bits per heavy atom. The minimum absolute atomic E-state index is 0.222. The molecule has 10 aromatic carbocycles. The van der Waals surface area contributed by atoms with Gasteiger partial charge >= 0.3 is 0 Å². The summed E-state index contributed by atoms with van der Waals surface area (Å²) in [6.07, 6.45) is 4.30. The highest BCUT2D eigenvalue weighted by Crippen LogP contribution is 2.46. The van der Waals surface area contributed by atoms with E-state index in [9.17, 15) is 0 Å². The molecule has 1 N–H and O–H groups in total. The molecule has 0 saturated carbocycles. The zero-order valence-electron chi connectivity index (χ0n) is 32.1. The molecule has 0 atom stereocenters. The van der Waals surface area contributed by atoms with E-state index >= 15 is 0 Å². The molecule has 0 radical (unpaired) electrons. The SMILES string of the molecule is N=C(N=C(/C=C/c1c2ccccc2c(-c2c3ccccc3cc3c2ccc2ccccc23)c2ccccc12)c1ccc(-c2cc3ccccc3s2)cc1)c1ccccc1. The van der Waals surface area contributed by atoms with Gasteiger partial charge in [-0.1, -0.05) is 188 Å². The number of hydrogen-bond donors (Lipinski definition) is 1. The quantitative estimate of drug-likeness (QED) is 0.0757. The summed E-state index contributed by atoms with van der Waals surface area (Å²) in [7, 11) is 0. The Labute approximate surface area is 346 Å². The lowest BCUT2D eigenvalue weighted by atomic mass is 9.83. The van der Waals surface area contributed by atoms with Gasteiger partial charge in [-0.05, 0) is 106 Å². The summed E-state index contributed by atoms with van der Waals surface area (Å²) in [6, 6.07) is 71.2. The number of benzene rings is 10. The van der Waals surface area contributed by atoms with E-state index in [4.69, 9.17) is 10.4 Å². The second-order valence-electron chi connectivity index (χ2n) is 15.0. The van der Waals surface area contributed by atoms with Crippen LogP contribution in [0, 0.1) is 5.41 Å². The van der Waals surface area contributed by atoms with Crippen LogP contribution in [0.3, 0.4) is 0 Å². The summed E-state index contributed by atoms with van der Waals surface area (Å²) < 4.78 is 1.28. The monoisotopic (exact) mass is 768 g/mol. The van der Waals surface area contributed by atoms with E-state index in [0.29, 0.717) is 0 Å². The van der Waals surface area contributed by atoms with Crippen molar-refractivity contribution >= 4 is 92.9 Å². The summed E-state index contributed by atoms with van der Waals surface area (Å²) >= 11 is 1.80.